The van der Waals surface area contributed by atoms with Crippen LogP contribution >= 0.6 is 34.8 Å². The van der Waals surface area contributed by atoms with Gasteiger partial charge in [0.1, 0.15) is 5.75 Å². The smallest absolute Gasteiger partial charge is 0.310 e. The molecule has 1 heterocycles. The number of carbonyl (C=O) groups excluding carboxylic acids is 1. The van der Waals surface area contributed by atoms with Gasteiger partial charge in [0.25, 0.3) is 0 Å². The second kappa shape index (κ2) is 7.10. The first-order valence-electron chi connectivity index (χ1n) is 7.93. The average Bonchev–Trinajstić information content (AvgIpc) is 3.00. The maximum atomic E-state index is 13.3. The Morgan fingerprint density at radius 2 is 1.73 bits per heavy atom. The molecule has 0 aliphatic carbocycles. The van der Waals surface area contributed by atoms with E-state index in [1.165, 1.54) is 12.1 Å². The quantitative estimate of drug-likeness (QED) is 0.690. The van der Waals surface area contributed by atoms with Crippen LogP contribution in [-0.4, -0.2) is 23.5 Å². The monoisotopic (exact) mass is 412 g/mol. The van der Waals surface area contributed by atoms with E-state index in [0.29, 0.717) is 40.5 Å². The first-order chi connectivity index (χ1) is 12.2. The third kappa shape index (κ3) is 3.18. The molecule has 1 unspecified atom stereocenters. The van der Waals surface area contributed by atoms with Crippen LogP contribution in [0.4, 0.5) is 0 Å². The Balaban J connectivity index is 2.25. The molecule has 1 atom stereocenters. The summed E-state index contributed by atoms with van der Waals surface area (Å²) in [6.45, 7) is 3.73. The Kier molecular flexibility index (Phi) is 5.20. The number of carboxylic acid groups (broad SMARTS) is 1. The Bertz CT molecular complexity index is 914. The lowest BCUT2D eigenvalue weighted by Crippen LogP contribution is -2.14. The number of carbonyl (C=O) groups is 2. The predicted octanol–water partition coefficient (Wildman–Crippen LogP) is 5.31. The Labute approximate surface area is 165 Å². The normalized spacial score (nSPS) is 13.9. The van der Waals surface area contributed by atoms with Gasteiger partial charge in [0, 0.05) is 11.4 Å². The fourth-order valence-corrected chi connectivity index (χ4v) is 4.18. The zero-order chi connectivity index (χ0) is 19.2. The van der Waals surface area contributed by atoms with Crippen molar-refractivity contribution in [2.45, 2.75) is 26.2 Å². The zero-order valence-corrected chi connectivity index (χ0v) is 16.3. The van der Waals surface area contributed by atoms with Gasteiger partial charge in [-0.2, -0.15) is 0 Å². The lowest BCUT2D eigenvalue weighted by Gasteiger charge is -2.18. The molecule has 4 nitrogen and oxygen atoms in total. The van der Waals surface area contributed by atoms with E-state index in [1.54, 1.807) is 19.9 Å². The molecule has 0 radical (unpaired) electrons. The maximum absolute atomic E-state index is 13.3. The summed E-state index contributed by atoms with van der Waals surface area (Å²) in [5, 5.41) is 9.99. The molecule has 2 aromatic carbocycles. The molecule has 0 amide bonds. The second-order valence-electron chi connectivity index (χ2n) is 6.19. The molecule has 2 aromatic rings. The van der Waals surface area contributed by atoms with Gasteiger partial charge in [-0.25, -0.2) is 0 Å². The number of hydrogen-bond donors (Lipinski definition) is 1. The van der Waals surface area contributed by atoms with Crippen LogP contribution in [0.5, 0.6) is 5.75 Å². The molecule has 0 aromatic heterocycles. The largest absolute Gasteiger partial charge is 0.492 e. The Morgan fingerprint density at radius 1 is 1.12 bits per heavy atom. The Morgan fingerprint density at radius 3 is 2.31 bits per heavy atom. The van der Waals surface area contributed by atoms with Crippen molar-refractivity contribution >= 4 is 46.6 Å². The molecule has 1 aliphatic rings. The lowest BCUT2D eigenvalue weighted by molar-refractivity contribution is -0.138. The van der Waals surface area contributed by atoms with Crippen molar-refractivity contribution in [1.29, 1.82) is 0 Å². The van der Waals surface area contributed by atoms with Crippen molar-refractivity contribution in [3.8, 4) is 5.75 Å². The average molecular weight is 414 g/mol. The van der Waals surface area contributed by atoms with Crippen LogP contribution in [0.25, 0.3) is 0 Å². The number of ether oxygens (including phenoxy) is 1. The molecule has 0 spiro atoms. The molecular formula is C19H15Cl3O4. The van der Waals surface area contributed by atoms with Crippen LogP contribution in [0.2, 0.25) is 15.1 Å². The van der Waals surface area contributed by atoms with Crippen molar-refractivity contribution in [3.05, 3.63) is 61.1 Å². The fraction of sp³-hybridized carbons (Fsp3) is 0.263. The maximum Gasteiger partial charge on any atom is 0.310 e. The minimum Gasteiger partial charge on any atom is -0.492 e. The molecule has 0 fully saturated rings. The van der Waals surface area contributed by atoms with Gasteiger partial charge in [-0.15, -0.1) is 0 Å². The van der Waals surface area contributed by atoms with Gasteiger partial charge in [-0.3, -0.25) is 9.59 Å². The van der Waals surface area contributed by atoms with E-state index < -0.39 is 17.7 Å². The lowest BCUT2D eigenvalue weighted by atomic mass is 9.87. The minimum atomic E-state index is -0.965. The first-order valence-corrected chi connectivity index (χ1v) is 9.07. The highest BCUT2D eigenvalue weighted by Gasteiger charge is 2.31. The van der Waals surface area contributed by atoms with E-state index >= 15 is 0 Å². The van der Waals surface area contributed by atoms with Crippen molar-refractivity contribution in [2.75, 3.05) is 6.61 Å². The highest BCUT2D eigenvalue weighted by Crippen LogP contribution is 2.40. The summed E-state index contributed by atoms with van der Waals surface area (Å²) in [6.07, 6.45) is 0.608. The van der Waals surface area contributed by atoms with Gasteiger partial charge in [-0.05, 0) is 42.7 Å². The summed E-state index contributed by atoms with van der Waals surface area (Å²) in [6, 6.07) is 4.70. The third-order valence-electron chi connectivity index (χ3n) is 4.57. The van der Waals surface area contributed by atoms with Crippen LogP contribution in [0.3, 0.4) is 0 Å². The summed E-state index contributed by atoms with van der Waals surface area (Å²) < 4.78 is 5.67. The van der Waals surface area contributed by atoms with Gasteiger partial charge >= 0.3 is 5.97 Å². The number of aliphatic carboxylic acids is 1. The number of ketones is 1. The highest BCUT2D eigenvalue weighted by atomic mass is 35.5. The number of halogens is 3. The van der Waals surface area contributed by atoms with E-state index in [4.69, 9.17) is 39.5 Å². The molecule has 136 valence electrons. The summed E-state index contributed by atoms with van der Waals surface area (Å²) in [4.78, 5) is 24.8. The van der Waals surface area contributed by atoms with Gasteiger partial charge < -0.3 is 9.84 Å². The van der Waals surface area contributed by atoms with E-state index in [0.717, 1.165) is 5.56 Å². The van der Waals surface area contributed by atoms with Crippen molar-refractivity contribution in [2.24, 2.45) is 0 Å². The van der Waals surface area contributed by atoms with E-state index in [9.17, 15) is 14.7 Å². The van der Waals surface area contributed by atoms with Crippen molar-refractivity contribution in [3.63, 3.8) is 0 Å². The van der Waals surface area contributed by atoms with Crippen LogP contribution < -0.4 is 4.74 Å². The molecule has 0 saturated heterocycles. The second-order valence-corrected chi connectivity index (χ2v) is 7.44. The molecule has 1 aliphatic heterocycles. The van der Waals surface area contributed by atoms with Crippen molar-refractivity contribution in [1.82, 2.24) is 0 Å². The molecule has 0 bridgehead atoms. The summed E-state index contributed by atoms with van der Waals surface area (Å²) >= 11 is 18.4. The van der Waals surface area contributed by atoms with Gasteiger partial charge in [0.2, 0.25) is 0 Å². The first kappa shape index (κ1) is 19.0. The van der Waals surface area contributed by atoms with Crippen LogP contribution in [0.15, 0.2) is 18.2 Å². The molecule has 1 N–H and O–H groups in total. The fourth-order valence-electron chi connectivity index (χ4n) is 3.19. The number of rotatable bonds is 4. The van der Waals surface area contributed by atoms with Crippen LogP contribution in [0.1, 0.15) is 45.5 Å². The van der Waals surface area contributed by atoms with Gasteiger partial charge in [0.15, 0.2) is 5.78 Å². The molecule has 0 saturated carbocycles. The highest BCUT2D eigenvalue weighted by molar-refractivity contribution is 6.43. The summed E-state index contributed by atoms with van der Waals surface area (Å²) in [5.41, 5.74) is 2.36. The third-order valence-corrected chi connectivity index (χ3v) is 5.39. The van der Waals surface area contributed by atoms with Crippen molar-refractivity contribution < 1.29 is 19.4 Å². The van der Waals surface area contributed by atoms with Gasteiger partial charge in [0.05, 0.1) is 33.7 Å². The molecule has 7 heteroatoms. The molecule has 3 rings (SSSR count). The van der Waals surface area contributed by atoms with E-state index in [-0.39, 0.29) is 15.6 Å². The number of carboxylic acids is 1. The van der Waals surface area contributed by atoms with E-state index in [2.05, 4.69) is 0 Å². The standard InChI is InChI=1S/C19H15Cl3O4/c1-8-12(9(2)19(24)25)5-10-3-4-26-18(10)15(8)17(23)16-13(21)6-11(20)7-14(16)22/h5-7,9H,3-4H2,1-2H3,(H,24,25). The van der Waals surface area contributed by atoms with E-state index in [1.807, 2.05) is 0 Å². The van der Waals surface area contributed by atoms with Crippen LogP contribution in [-0.2, 0) is 11.2 Å². The number of benzene rings is 2. The predicted molar refractivity (Wildman–Crippen MR) is 101 cm³/mol. The minimum absolute atomic E-state index is 0.124. The zero-order valence-electron chi connectivity index (χ0n) is 14.0. The summed E-state index contributed by atoms with van der Waals surface area (Å²) in [5.74, 6) is -1.67. The SMILES string of the molecule is Cc1c(C(C)C(=O)O)cc2c(c1C(=O)c1c(Cl)cc(Cl)cc1Cl)OCC2. The molecule has 26 heavy (non-hydrogen) atoms. The van der Waals surface area contributed by atoms with Gasteiger partial charge in [-0.1, -0.05) is 40.9 Å². The molecular weight excluding hydrogens is 399 g/mol. The Hall–Kier alpha value is -1.75. The summed E-state index contributed by atoms with van der Waals surface area (Å²) in [7, 11) is 0. The van der Waals surface area contributed by atoms with Crippen LogP contribution in [0, 0.1) is 6.92 Å². The topological polar surface area (TPSA) is 63.6 Å². The number of hydrogen-bond acceptors (Lipinski definition) is 3. The number of fused-ring (bicyclic) bond motifs is 1.